The summed E-state index contributed by atoms with van der Waals surface area (Å²) in [4.78, 5) is 0. The second-order valence-corrected chi connectivity index (χ2v) is 3.54. The molecule has 0 radical (unpaired) electrons. The molecule has 1 nitrogen and oxygen atoms in total. The normalized spacial score (nSPS) is 28.5. The van der Waals surface area contributed by atoms with Crippen LogP contribution in [-0.4, -0.2) is 10.5 Å². The van der Waals surface area contributed by atoms with Crippen LogP contribution < -0.4 is 0 Å². The van der Waals surface area contributed by atoms with E-state index in [2.05, 4.69) is 46.9 Å². The molecule has 0 amide bonds. The minimum Gasteiger partial charge on any atom is -0.364 e. The minimum atomic E-state index is 0.382. The third-order valence-electron chi connectivity index (χ3n) is 1.86. The quantitative estimate of drug-likeness (QED) is 0.452. The number of ether oxygens (including phenoxy) is 1. The first-order valence-corrected chi connectivity index (χ1v) is 5.21. The van der Waals surface area contributed by atoms with Gasteiger partial charge in [-0.2, -0.15) is 0 Å². The van der Waals surface area contributed by atoms with Gasteiger partial charge in [-0.1, -0.05) is 52.9 Å². The van der Waals surface area contributed by atoms with E-state index < -0.39 is 0 Å². The first-order chi connectivity index (χ1) is 5.42. The Bertz CT molecular complexity index is 235. The van der Waals surface area contributed by atoms with Crippen LogP contribution in [0.5, 0.6) is 0 Å². The van der Waals surface area contributed by atoms with E-state index in [-0.39, 0.29) is 0 Å². The van der Waals surface area contributed by atoms with Gasteiger partial charge in [0.2, 0.25) is 0 Å². The molecule has 1 aliphatic rings. The summed E-state index contributed by atoms with van der Waals surface area (Å²) in [6, 6.07) is 10.4. The first kappa shape index (κ1) is 7.55. The maximum absolute atomic E-state index is 5.44. The van der Waals surface area contributed by atoms with E-state index >= 15 is 0 Å². The smallest absolute Gasteiger partial charge is 0.110 e. The van der Waals surface area contributed by atoms with Crippen molar-refractivity contribution in [3.8, 4) is 0 Å². The highest BCUT2D eigenvalue weighted by molar-refractivity contribution is 14.1. The first-order valence-electron chi connectivity index (χ1n) is 3.68. The number of epoxide rings is 1. The van der Waals surface area contributed by atoms with Gasteiger partial charge in [0.1, 0.15) is 6.10 Å². The molecular formula is C9H9IO. The number of hydrogen-bond acceptors (Lipinski definition) is 1. The van der Waals surface area contributed by atoms with Crippen molar-refractivity contribution < 1.29 is 4.74 Å². The molecule has 0 aromatic heterocycles. The predicted molar refractivity (Wildman–Crippen MR) is 52.9 cm³/mol. The Kier molecular flexibility index (Phi) is 2.13. The van der Waals surface area contributed by atoms with Crippen LogP contribution >= 0.6 is 22.6 Å². The van der Waals surface area contributed by atoms with Crippen LogP contribution in [0.3, 0.4) is 0 Å². The lowest BCUT2D eigenvalue weighted by atomic mass is 10.1. The molecule has 2 rings (SSSR count). The summed E-state index contributed by atoms with van der Waals surface area (Å²) in [7, 11) is 0. The molecule has 0 aliphatic carbocycles. The third kappa shape index (κ3) is 1.56. The Morgan fingerprint density at radius 1 is 1.27 bits per heavy atom. The van der Waals surface area contributed by atoms with Gasteiger partial charge in [0, 0.05) is 4.43 Å². The average Bonchev–Trinajstić information content (AvgIpc) is 2.85. The summed E-state index contributed by atoms with van der Waals surface area (Å²) in [5, 5.41) is 0. The Morgan fingerprint density at radius 2 is 2.00 bits per heavy atom. The van der Waals surface area contributed by atoms with Crippen molar-refractivity contribution in [2.24, 2.45) is 0 Å². The summed E-state index contributed by atoms with van der Waals surface area (Å²) in [5.74, 6) is 0. The molecule has 11 heavy (non-hydrogen) atoms. The standard InChI is InChI=1S/C9H9IO/c10-6-8-9(11-8)7-4-2-1-3-5-7/h1-5,8-9H,6H2/t8-,9-/m1/s1. The summed E-state index contributed by atoms with van der Waals surface area (Å²) >= 11 is 2.36. The van der Waals surface area contributed by atoms with Crippen LogP contribution in [0.15, 0.2) is 30.3 Å². The maximum Gasteiger partial charge on any atom is 0.110 e. The highest BCUT2D eigenvalue weighted by Crippen LogP contribution is 2.39. The predicted octanol–water partition coefficient (Wildman–Crippen LogP) is 2.56. The van der Waals surface area contributed by atoms with Crippen LogP contribution in [0.1, 0.15) is 11.7 Å². The molecule has 1 aromatic rings. The van der Waals surface area contributed by atoms with Crippen LogP contribution in [0.25, 0.3) is 0 Å². The van der Waals surface area contributed by atoms with Gasteiger partial charge in [-0.05, 0) is 5.56 Å². The number of halogens is 1. The molecule has 58 valence electrons. The lowest BCUT2D eigenvalue weighted by Gasteiger charge is -1.91. The Labute approximate surface area is 79.9 Å². The summed E-state index contributed by atoms with van der Waals surface area (Å²) in [6.07, 6.45) is 0.853. The Morgan fingerprint density at radius 3 is 2.55 bits per heavy atom. The molecule has 0 saturated carbocycles. The van der Waals surface area contributed by atoms with E-state index in [1.807, 2.05) is 6.07 Å². The van der Waals surface area contributed by atoms with Gasteiger partial charge in [-0.3, -0.25) is 0 Å². The van der Waals surface area contributed by atoms with Crippen molar-refractivity contribution in [2.75, 3.05) is 4.43 Å². The second kappa shape index (κ2) is 3.11. The van der Waals surface area contributed by atoms with Gasteiger partial charge < -0.3 is 4.74 Å². The van der Waals surface area contributed by atoms with Gasteiger partial charge >= 0.3 is 0 Å². The lowest BCUT2D eigenvalue weighted by Crippen LogP contribution is -1.87. The zero-order chi connectivity index (χ0) is 7.68. The van der Waals surface area contributed by atoms with E-state index in [0.29, 0.717) is 12.2 Å². The van der Waals surface area contributed by atoms with Crippen molar-refractivity contribution in [1.82, 2.24) is 0 Å². The highest BCUT2D eigenvalue weighted by atomic mass is 127. The highest BCUT2D eigenvalue weighted by Gasteiger charge is 2.38. The van der Waals surface area contributed by atoms with Gasteiger partial charge in [0.05, 0.1) is 6.10 Å². The number of hydrogen-bond donors (Lipinski definition) is 0. The molecule has 1 saturated heterocycles. The van der Waals surface area contributed by atoms with E-state index in [9.17, 15) is 0 Å². The second-order valence-electron chi connectivity index (χ2n) is 2.66. The summed E-state index contributed by atoms with van der Waals surface area (Å²) in [6.45, 7) is 0. The fourth-order valence-electron chi connectivity index (χ4n) is 1.20. The third-order valence-corrected chi connectivity index (χ3v) is 2.73. The van der Waals surface area contributed by atoms with E-state index in [1.165, 1.54) is 5.56 Å². The van der Waals surface area contributed by atoms with E-state index in [1.54, 1.807) is 0 Å². The SMILES string of the molecule is IC[C@H]1O[C@@H]1c1ccccc1. The topological polar surface area (TPSA) is 12.5 Å². The average molecular weight is 260 g/mol. The maximum atomic E-state index is 5.44. The minimum absolute atomic E-state index is 0.382. The van der Waals surface area contributed by atoms with Crippen molar-refractivity contribution in [2.45, 2.75) is 12.2 Å². The van der Waals surface area contributed by atoms with Crippen molar-refractivity contribution >= 4 is 22.6 Å². The lowest BCUT2D eigenvalue weighted by molar-refractivity contribution is 0.386. The molecule has 1 aliphatic heterocycles. The monoisotopic (exact) mass is 260 g/mol. The Hall–Kier alpha value is -0.0900. The van der Waals surface area contributed by atoms with Crippen LogP contribution in [0.4, 0.5) is 0 Å². The number of benzene rings is 1. The zero-order valence-electron chi connectivity index (χ0n) is 6.03. The van der Waals surface area contributed by atoms with Crippen LogP contribution in [-0.2, 0) is 4.74 Å². The van der Waals surface area contributed by atoms with Gasteiger partial charge in [0.25, 0.3) is 0 Å². The summed E-state index contributed by atoms with van der Waals surface area (Å²) in [5.41, 5.74) is 1.31. The van der Waals surface area contributed by atoms with Gasteiger partial charge in [-0.15, -0.1) is 0 Å². The van der Waals surface area contributed by atoms with Crippen LogP contribution in [0.2, 0.25) is 0 Å². The molecule has 1 heterocycles. The molecule has 0 unspecified atom stereocenters. The van der Waals surface area contributed by atoms with E-state index in [0.717, 1.165) is 4.43 Å². The zero-order valence-corrected chi connectivity index (χ0v) is 8.19. The molecule has 0 bridgehead atoms. The largest absolute Gasteiger partial charge is 0.364 e. The molecule has 1 fully saturated rings. The molecule has 0 N–H and O–H groups in total. The fourth-order valence-corrected chi connectivity index (χ4v) is 1.87. The Balaban J connectivity index is 2.09. The van der Waals surface area contributed by atoms with Crippen LogP contribution in [0, 0.1) is 0 Å². The summed E-state index contributed by atoms with van der Waals surface area (Å²) < 4.78 is 6.54. The molecule has 0 spiro atoms. The van der Waals surface area contributed by atoms with E-state index in [4.69, 9.17) is 4.74 Å². The number of alkyl halides is 1. The fraction of sp³-hybridized carbons (Fsp3) is 0.333. The number of rotatable bonds is 2. The van der Waals surface area contributed by atoms with Gasteiger partial charge in [0.15, 0.2) is 0 Å². The van der Waals surface area contributed by atoms with Crippen molar-refractivity contribution in [1.29, 1.82) is 0 Å². The molecule has 1 aromatic carbocycles. The van der Waals surface area contributed by atoms with Crippen molar-refractivity contribution in [3.05, 3.63) is 35.9 Å². The van der Waals surface area contributed by atoms with Crippen molar-refractivity contribution in [3.63, 3.8) is 0 Å². The molecule has 2 atom stereocenters. The molecule has 2 heteroatoms. The molecular weight excluding hydrogens is 251 g/mol. The van der Waals surface area contributed by atoms with Gasteiger partial charge in [-0.25, -0.2) is 0 Å².